The molecule has 5 rings (SSSR count). The molecule has 1 unspecified atom stereocenters. The van der Waals surface area contributed by atoms with E-state index in [1.165, 1.54) is 12.0 Å². The van der Waals surface area contributed by atoms with Crippen LogP contribution in [-0.4, -0.2) is 53.7 Å². The van der Waals surface area contributed by atoms with Gasteiger partial charge in [0.05, 0.1) is 23.2 Å². The number of carbonyl (C=O) groups excluding carboxylic acids is 2. The minimum Gasteiger partial charge on any atom is -0.507 e. The van der Waals surface area contributed by atoms with Gasteiger partial charge in [0.15, 0.2) is 23.0 Å². The number of Topliss-reactive ketones (excluding diaryl/α,β-unsaturated/α-hetero) is 1. The summed E-state index contributed by atoms with van der Waals surface area (Å²) in [6.45, 7) is 1.02. The summed E-state index contributed by atoms with van der Waals surface area (Å²) in [5.41, 5.74) is 1.75. The number of nitrogens with zero attached hydrogens (tertiary/aromatic N) is 1. The zero-order valence-corrected chi connectivity index (χ0v) is 21.5. The van der Waals surface area contributed by atoms with Crippen molar-refractivity contribution in [2.75, 3.05) is 26.9 Å². The number of benzene rings is 3. The summed E-state index contributed by atoms with van der Waals surface area (Å²) in [5, 5.41) is 21.7. The molecule has 1 saturated heterocycles. The minimum absolute atomic E-state index is 0.0608. The van der Waals surface area contributed by atoms with Crippen LogP contribution < -0.4 is 14.2 Å². The Balaban J connectivity index is 1.63. The molecule has 2 aliphatic heterocycles. The molecule has 1 amide bonds. The molecular weight excluding hydrogens is 542 g/mol. The predicted molar refractivity (Wildman–Crippen MR) is 139 cm³/mol. The van der Waals surface area contributed by atoms with Gasteiger partial charge in [-0.15, -0.1) is 0 Å². The number of likely N-dealkylation sites (tertiary alicyclic amines) is 1. The average molecular weight is 566 g/mol. The van der Waals surface area contributed by atoms with Crippen LogP contribution in [0, 0.1) is 0 Å². The highest BCUT2D eigenvalue weighted by Gasteiger charge is 2.46. The Morgan fingerprint density at radius 3 is 2.51 bits per heavy atom. The fraction of sp³-hybridized carbons (Fsp3) is 0.214. The van der Waals surface area contributed by atoms with Crippen LogP contribution in [0.5, 0.6) is 23.0 Å². The minimum atomic E-state index is -0.914. The van der Waals surface area contributed by atoms with E-state index in [9.17, 15) is 19.8 Å². The van der Waals surface area contributed by atoms with Crippen molar-refractivity contribution in [3.05, 3.63) is 87.4 Å². The molecule has 9 heteroatoms. The summed E-state index contributed by atoms with van der Waals surface area (Å²) in [4.78, 5) is 28.1. The third-order valence-corrected chi connectivity index (χ3v) is 7.03. The number of halogens is 1. The molecule has 1 atom stereocenters. The lowest BCUT2D eigenvalue weighted by molar-refractivity contribution is -0.139. The van der Waals surface area contributed by atoms with Gasteiger partial charge in [-0.1, -0.05) is 30.3 Å². The van der Waals surface area contributed by atoms with Gasteiger partial charge >= 0.3 is 0 Å². The number of hydrogen-bond donors (Lipinski definition) is 2. The average Bonchev–Trinajstić information content (AvgIpc) is 3.18. The highest BCUT2D eigenvalue weighted by Crippen LogP contribution is 2.45. The molecule has 1 fully saturated rings. The summed E-state index contributed by atoms with van der Waals surface area (Å²) in [7, 11) is 1.41. The van der Waals surface area contributed by atoms with E-state index in [1.807, 2.05) is 30.3 Å². The van der Waals surface area contributed by atoms with Crippen molar-refractivity contribution in [2.45, 2.75) is 12.5 Å². The van der Waals surface area contributed by atoms with Gasteiger partial charge in [0.2, 0.25) is 0 Å². The number of aliphatic hydroxyl groups is 1. The van der Waals surface area contributed by atoms with Crippen LogP contribution in [0.25, 0.3) is 5.76 Å². The molecule has 37 heavy (non-hydrogen) atoms. The van der Waals surface area contributed by atoms with Crippen LogP contribution >= 0.6 is 15.9 Å². The van der Waals surface area contributed by atoms with E-state index in [2.05, 4.69) is 15.9 Å². The Hall–Kier alpha value is -3.98. The molecule has 0 aliphatic carbocycles. The number of phenolic OH excluding ortho intramolecular Hbond substituents is 1. The molecule has 0 radical (unpaired) electrons. The Morgan fingerprint density at radius 1 is 1.05 bits per heavy atom. The van der Waals surface area contributed by atoms with Crippen molar-refractivity contribution in [1.82, 2.24) is 4.90 Å². The largest absolute Gasteiger partial charge is 0.507 e. The van der Waals surface area contributed by atoms with Crippen molar-refractivity contribution in [3.63, 3.8) is 0 Å². The fourth-order valence-corrected chi connectivity index (χ4v) is 5.06. The Labute approximate surface area is 221 Å². The summed E-state index contributed by atoms with van der Waals surface area (Å²) < 4.78 is 16.8. The molecule has 0 saturated carbocycles. The zero-order chi connectivity index (χ0) is 26.1. The monoisotopic (exact) mass is 565 g/mol. The summed E-state index contributed by atoms with van der Waals surface area (Å²) >= 11 is 3.33. The quantitative estimate of drug-likeness (QED) is 0.255. The lowest BCUT2D eigenvalue weighted by Crippen LogP contribution is -2.31. The highest BCUT2D eigenvalue weighted by atomic mass is 79.9. The van der Waals surface area contributed by atoms with Crippen molar-refractivity contribution >= 4 is 33.4 Å². The summed E-state index contributed by atoms with van der Waals surface area (Å²) in [6, 6.07) is 16.7. The second kappa shape index (κ2) is 10.2. The van der Waals surface area contributed by atoms with Crippen LogP contribution in [0.3, 0.4) is 0 Å². The second-order valence-corrected chi connectivity index (χ2v) is 9.49. The van der Waals surface area contributed by atoms with Crippen LogP contribution in [0.15, 0.2) is 70.7 Å². The number of aromatic hydroxyl groups is 1. The van der Waals surface area contributed by atoms with E-state index < -0.39 is 17.7 Å². The normalized spacial score (nSPS) is 18.2. The third kappa shape index (κ3) is 4.62. The first-order chi connectivity index (χ1) is 17.9. The molecule has 3 aromatic carbocycles. The maximum Gasteiger partial charge on any atom is 0.295 e. The van der Waals surface area contributed by atoms with Crippen LogP contribution in [0.4, 0.5) is 0 Å². The van der Waals surface area contributed by atoms with E-state index in [4.69, 9.17) is 14.2 Å². The number of fused-ring (bicyclic) bond motifs is 1. The van der Waals surface area contributed by atoms with Gasteiger partial charge in [-0.25, -0.2) is 0 Å². The lowest BCUT2D eigenvalue weighted by atomic mass is 9.94. The number of rotatable bonds is 6. The van der Waals surface area contributed by atoms with Gasteiger partial charge in [-0.3, -0.25) is 9.59 Å². The first-order valence-electron chi connectivity index (χ1n) is 11.7. The van der Waals surface area contributed by atoms with Gasteiger partial charge in [0.1, 0.15) is 19.0 Å². The maximum atomic E-state index is 13.4. The van der Waals surface area contributed by atoms with Crippen molar-refractivity contribution in [1.29, 1.82) is 0 Å². The number of carbonyl (C=O) groups is 2. The molecular formula is C28H24BrNO7. The third-order valence-electron chi connectivity index (χ3n) is 6.43. The van der Waals surface area contributed by atoms with Crippen molar-refractivity contribution in [3.8, 4) is 23.0 Å². The fourth-order valence-electron chi connectivity index (χ4n) is 4.60. The summed E-state index contributed by atoms with van der Waals surface area (Å²) in [5.74, 6) is -0.812. The van der Waals surface area contributed by atoms with Gasteiger partial charge < -0.3 is 29.3 Å². The first-order valence-corrected chi connectivity index (χ1v) is 12.5. The molecule has 190 valence electrons. The van der Waals surface area contributed by atoms with Gasteiger partial charge in [0, 0.05) is 12.1 Å². The van der Waals surface area contributed by atoms with Crippen molar-refractivity contribution in [2.24, 2.45) is 0 Å². The summed E-state index contributed by atoms with van der Waals surface area (Å²) in [6.07, 6.45) is 0.505. The number of hydrogen-bond acceptors (Lipinski definition) is 7. The number of phenols is 1. The molecule has 2 N–H and O–H groups in total. The molecule has 0 spiro atoms. The molecule has 0 aromatic heterocycles. The predicted octanol–water partition coefficient (Wildman–Crippen LogP) is 4.60. The molecule has 3 aromatic rings. The molecule has 8 nitrogen and oxygen atoms in total. The molecule has 2 heterocycles. The topological polar surface area (TPSA) is 106 Å². The van der Waals surface area contributed by atoms with Gasteiger partial charge in [-0.05, 0) is 63.8 Å². The van der Waals surface area contributed by atoms with E-state index in [0.29, 0.717) is 46.7 Å². The number of ketones is 1. The van der Waals surface area contributed by atoms with E-state index in [-0.39, 0.29) is 29.4 Å². The SMILES string of the molecule is COc1cc(C2C(=C(O)c3ccc4c(c3)OCCO4)C(=O)C(=O)N2CCc2ccccc2)cc(Br)c1O. The van der Waals surface area contributed by atoms with Gasteiger partial charge in [-0.2, -0.15) is 0 Å². The number of amides is 1. The standard InChI is InChI=1S/C28H24BrNO7/c1-35-22-15-18(13-19(29)26(22)32)24-23(25(31)17-7-8-20-21(14-17)37-12-11-36-20)27(33)28(34)30(24)10-9-16-5-3-2-4-6-16/h2-8,13-15,24,31-32H,9-12H2,1H3. The molecule has 0 bridgehead atoms. The van der Waals surface area contributed by atoms with Crippen LogP contribution in [-0.2, 0) is 16.0 Å². The number of aliphatic hydroxyl groups excluding tert-OH is 1. The Bertz CT molecular complexity index is 1400. The number of methoxy groups -OCH3 is 1. The van der Waals surface area contributed by atoms with Crippen molar-refractivity contribution < 1.29 is 34.0 Å². The lowest BCUT2D eigenvalue weighted by Gasteiger charge is -2.26. The number of ether oxygens (including phenoxy) is 3. The molecule has 2 aliphatic rings. The van der Waals surface area contributed by atoms with Crippen LogP contribution in [0.1, 0.15) is 22.7 Å². The Kier molecular flexibility index (Phi) is 6.80. The first kappa shape index (κ1) is 24.7. The zero-order valence-electron chi connectivity index (χ0n) is 19.9. The van der Waals surface area contributed by atoms with E-state index in [0.717, 1.165) is 5.56 Å². The van der Waals surface area contributed by atoms with Crippen LogP contribution in [0.2, 0.25) is 0 Å². The highest BCUT2D eigenvalue weighted by molar-refractivity contribution is 9.10. The van der Waals surface area contributed by atoms with E-state index in [1.54, 1.807) is 30.3 Å². The second-order valence-electron chi connectivity index (χ2n) is 8.64. The van der Waals surface area contributed by atoms with E-state index >= 15 is 0 Å². The smallest absolute Gasteiger partial charge is 0.295 e. The van der Waals surface area contributed by atoms with Gasteiger partial charge in [0.25, 0.3) is 11.7 Å². The Morgan fingerprint density at radius 2 is 1.78 bits per heavy atom. The maximum absolute atomic E-state index is 13.4.